The third-order valence-corrected chi connectivity index (χ3v) is 3.82. The van der Waals surface area contributed by atoms with Gasteiger partial charge < -0.3 is 9.72 Å². The number of imidazole rings is 1. The molecule has 1 heterocycles. The predicted octanol–water partition coefficient (Wildman–Crippen LogP) is 4.33. The molecule has 0 saturated heterocycles. The number of aryl methyl sites for hydroxylation is 1. The molecule has 102 valence electrons. The number of H-pyrrole nitrogens is 1. The number of methoxy groups -OCH3 is 1. The Balaban J connectivity index is 2.38. The summed E-state index contributed by atoms with van der Waals surface area (Å²) in [7, 11) is 1.66. The molecule has 1 aromatic heterocycles. The van der Waals surface area contributed by atoms with E-state index in [1.54, 1.807) is 7.11 Å². The average Bonchev–Trinajstić information content (AvgIpc) is 2.80. The van der Waals surface area contributed by atoms with E-state index in [1.165, 1.54) is 0 Å². The van der Waals surface area contributed by atoms with Gasteiger partial charge in [-0.2, -0.15) is 0 Å². The third-order valence-electron chi connectivity index (χ3n) is 3.11. The molecule has 0 fully saturated rings. The van der Waals surface area contributed by atoms with Crippen LogP contribution in [0.15, 0.2) is 24.3 Å². The molecule has 1 atom stereocenters. The summed E-state index contributed by atoms with van der Waals surface area (Å²) in [6.45, 7) is 6.19. The Labute approximate surface area is 119 Å². The summed E-state index contributed by atoms with van der Waals surface area (Å²) in [5, 5.41) is -0.0735. The molecule has 0 amide bonds. The average molecular weight is 279 g/mol. The van der Waals surface area contributed by atoms with Gasteiger partial charge in [0, 0.05) is 11.3 Å². The van der Waals surface area contributed by atoms with Gasteiger partial charge in [-0.25, -0.2) is 4.98 Å². The fourth-order valence-corrected chi connectivity index (χ4v) is 2.18. The van der Waals surface area contributed by atoms with Gasteiger partial charge >= 0.3 is 0 Å². The van der Waals surface area contributed by atoms with Crippen molar-refractivity contribution in [3.8, 4) is 17.1 Å². The number of hydrogen-bond donors (Lipinski definition) is 1. The van der Waals surface area contributed by atoms with Crippen LogP contribution in [0, 0.1) is 12.8 Å². The first-order chi connectivity index (χ1) is 9.02. The van der Waals surface area contributed by atoms with Crippen molar-refractivity contribution in [1.29, 1.82) is 0 Å². The molecule has 0 aliphatic heterocycles. The largest absolute Gasteiger partial charge is 0.497 e. The highest BCUT2D eigenvalue weighted by atomic mass is 35.5. The third kappa shape index (κ3) is 2.92. The zero-order valence-corrected chi connectivity index (χ0v) is 12.5. The van der Waals surface area contributed by atoms with E-state index in [1.807, 2.05) is 31.2 Å². The van der Waals surface area contributed by atoms with Gasteiger partial charge in [0.15, 0.2) is 0 Å². The number of hydrogen-bond acceptors (Lipinski definition) is 2. The molecular weight excluding hydrogens is 260 g/mol. The number of halogens is 1. The van der Waals surface area contributed by atoms with E-state index < -0.39 is 0 Å². The number of aromatic amines is 1. The molecule has 0 radical (unpaired) electrons. The van der Waals surface area contributed by atoms with Gasteiger partial charge in [0.25, 0.3) is 0 Å². The number of alkyl halides is 1. The van der Waals surface area contributed by atoms with E-state index in [4.69, 9.17) is 16.3 Å². The molecule has 1 unspecified atom stereocenters. The van der Waals surface area contributed by atoms with Crippen LogP contribution < -0.4 is 4.74 Å². The van der Waals surface area contributed by atoms with Crippen LogP contribution in [0.25, 0.3) is 11.4 Å². The number of nitrogens with zero attached hydrogens (tertiary/aromatic N) is 1. The highest BCUT2D eigenvalue weighted by molar-refractivity contribution is 6.20. The second-order valence-corrected chi connectivity index (χ2v) is 5.44. The van der Waals surface area contributed by atoms with Crippen molar-refractivity contribution in [2.24, 2.45) is 5.92 Å². The van der Waals surface area contributed by atoms with Crippen LogP contribution in [-0.4, -0.2) is 17.1 Å². The van der Waals surface area contributed by atoms with Crippen molar-refractivity contribution in [3.05, 3.63) is 35.7 Å². The van der Waals surface area contributed by atoms with Crippen LogP contribution in [0.2, 0.25) is 0 Å². The maximum atomic E-state index is 6.40. The van der Waals surface area contributed by atoms with Crippen molar-refractivity contribution in [3.63, 3.8) is 0 Å². The second kappa shape index (κ2) is 5.66. The SMILES string of the molecule is COc1cccc(-c2nc(C(Cl)C(C)C)c(C)[nH]2)c1. The van der Waals surface area contributed by atoms with Crippen molar-refractivity contribution >= 4 is 11.6 Å². The molecule has 0 spiro atoms. The van der Waals surface area contributed by atoms with E-state index >= 15 is 0 Å². The highest BCUT2D eigenvalue weighted by Crippen LogP contribution is 2.31. The normalized spacial score (nSPS) is 12.7. The summed E-state index contributed by atoms with van der Waals surface area (Å²) in [5.74, 6) is 2.00. The monoisotopic (exact) mass is 278 g/mol. The topological polar surface area (TPSA) is 37.9 Å². The van der Waals surface area contributed by atoms with Crippen LogP contribution in [-0.2, 0) is 0 Å². The van der Waals surface area contributed by atoms with Crippen molar-refractivity contribution < 1.29 is 4.74 Å². The van der Waals surface area contributed by atoms with Gasteiger partial charge in [0.05, 0.1) is 18.2 Å². The van der Waals surface area contributed by atoms with Gasteiger partial charge in [-0.1, -0.05) is 26.0 Å². The highest BCUT2D eigenvalue weighted by Gasteiger charge is 2.19. The molecule has 4 heteroatoms. The number of nitrogens with one attached hydrogen (secondary N) is 1. The molecule has 3 nitrogen and oxygen atoms in total. The molecule has 0 aliphatic carbocycles. The fraction of sp³-hybridized carbons (Fsp3) is 0.400. The quantitative estimate of drug-likeness (QED) is 0.845. The molecular formula is C15H19ClN2O. The zero-order valence-electron chi connectivity index (χ0n) is 11.7. The predicted molar refractivity (Wildman–Crippen MR) is 78.7 cm³/mol. The van der Waals surface area contributed by atoms with Crippen molar-refractivity contribution in [1.82, 2.24) is 9.97 Å². The first kappa shape index (κ1) is 13.9. The van der Waals surface area contributed by atoms with E-state index in [-0.39, 0.29) is 5.38 Å². The molecule has 1 aromatic carbocycles. The van der Waals surface area contributed by atoms with Gasteiger partial charge in [-0.05, 0) is 25.0 Å². The molecule has 0 aliphatic rings. The Bertz CT molecular complexity index is 563. The molecule has 0 bridgehead atoms. The van der Waals surface area contributed by atoms with Crippen LogP contribution in [0.4, 0.5) is 0 Å². The summed E-state index contributed by atoms with van der Waals surface area (Å²) >= 11 is 6.40. The summed E-state index contributed by atoms with van der Waals surface area (Å²) in [4.78, 5) is 7.93. The first-order valence-electron chi connectivity index (χ1n) is 6.38. The lowest BCUT2D eigenvalue weighted by molar-refractivity contribution is 0.415. The van der Waals surface area contributed by atoms with Crippen LogP contribution in [0.3, 0.4) is 0 Å². The fourth-order valence-electron chi connectivity index (χ4n) is 1.97. The van der Waals surface area contributed by atoms with Gasteiger partial charge in [0.1, 0.15) is 11.6 Å². The number of rotatable bonds is 4. The maximum absolute atomic E-state index is 6.40. The summed E-state index contributed by atoms with van der Waals surface area (Å²) in [6, 6.07) is 7.83. The zero-order chi connectivity index (χ0) is 14.0. The minimum absolute atomic E-state index is 0.0735. The smallest absolute Gasteiger partial charge is 0.138 e. The van der Waals surface area contributed by atoms with Crippen LogP contribution >= 0.6 is 11.6 Å². The minimum atomic E-state index is -0.0735. The van der Waals surface area contributed by atoms with E-state index in [9.17, 15) is 0 Å². The lowest BCUT2D eigenvalue weighted by Gasteiger charge is -2.10. The number of benzene rings is 1. The maximum Gasteiger partial charge on any atom is 0.138 e. The lowest BCUT2D eigenvalue weighted by Crippen LogP contribution is -2.01. The van der Waals surface area contributed by atoms with E-state index in [0.717, 1.165) is 28.5 Å². The van der Waals surface area contributed by atoms with E-state index in [0.29, 0.717) is 5.92 Å². The van der Waals surface area contributed by atoms with Gasteiger partial charge in [0.2, 0.25) is 0 Å². The number of ether oxygens (including phenoxy) is 1. The Morgan fingerprint density at radius 3 is 2.68 bits per heavy atom. The number of aromatic nitrogens is 2. The molecule has 2 aromatic rings. The van der Waals surface area contributed by atoms with E-state index in [2.05, 4.69) is 23.8 Å². The Morgan fingerprint density at radius 2 is 2.05 bits per heavy atom. The molecule has 19 heavy (non-hydrogen) atoms. The second-order valence-electron chi connectivity index (χ2n) is 4.97. The Morgan fingerprint density at radius 1 is 1.32 bits per heavy atom. The molecule has 2 rings (SSSR count). The summed E-state index contributed by atoms with van der Waals surface area (Å²) < 4.78 is 5.23. The first-order valence-corrected chi connectivity index (χ1v) is 6.81. The summed E-state index contributed by atoms with van der Waals surface area (Å²) in [6.07, 6.45) is 0. The Kier molecular flexibility index (Phi) is 4.15. The standard InChI is InChI=1S/C15H19ClN2O/c1-9(2)13(16)14-10(3)17-15(18-14)11-6-5-7-12(8-11)19-4/h5-9,13H,1-4H3,(H,17,18). The molecule has 1 N–H and O–H groups in total. The van der Waals surface area contributed by atoms with Gasteiger partial charge in [-0.15, -0.1) is 11.6 Å². The Hall–Kier alpha value is -1.48. The minimum Gasteiger partial charge on any atom is -0.497 e. The summed E-state index contributed by atoms with van der Waals surface area (Å²) in [5.41, 5.74) is 2.95. The molecule has 0 saturated carbocycles. The van der Waals surface area contributed by atoms with Crippen molar-refractivity contribution in [2.75, 3.05) is 7.11 Å². The van der Waals surface area contributed by atoms with Crippen molar-refractivity contribution in [2.45, 2.75) is 26.1 Å². The van der Waals surface area contributed by atoms with Crippen LogP contribution in [0.1, 0.15) is 30.6 Å². The van der Waals surface area contributed by atoms with Gasteiger partial charge in [-0.3, -0.25) is 0 Å². The lowest BCUT2D eigenvalue weighted by atomic mass is 10.1. The van der Waals surface area contributed by atoms with Crippen LogP contribution in [0.5, 0.6) is 5.75 Å².